The van der Waals surface area contributed by atoms with Gasteiger partial charge in [-0.1, -0.05) is 11.6 Å². The molecule has 0 fully saturated rings. The summed E-state index contributed by atoms with van der Waals surface area (Å²) in [5.74, 6) is 0.403. The first kappa shape index (κ1) is 13.9. The van der Waals surface area contributed by atoms with Gasteiger partial charge < -0.3 is 20.9 Å². The Morgan fingerprint density at radius 1 is 1.47 bits per heavy atom. The molecule has 1 aromatic heterocycles. The van der Waals surface area contributed by atoms with Crippen molar-refractivity contribution in [2.45, 2.75) is 19.4 Å². The zero-order valence-electron chi connectivity index (χ0n) is 9.77. The first-order chi connectivity index (χ1) is 7.94. The van der Waals surface area contributed by atoms with Gasteiger partial charge in [0.25, 0.3) is 0 Å². The Morgan fingerprint density at radius 3 is 2.76 bits per heavy atom. The predicted molar refractivity (Wildman–Crippen MR) is 64.9 cm³/mol. The Labute approximate surface area is 104 Å². The second-order valence-electron chi connectivity index (χ2n) is 4.10. The average Bonchev–Trinajstić information content (AvgIpc) is 2.23. The summed E-state index contributed by atoms with van der Waals surface area (Å²) in [5.41, 5.74) is 5.11. The normalized spacial score (nSPS) is 11.5. The van der Waals surface area contributed by atoms with Crippen LogP contribution in [0.15, 0.2) is 0 Å². The summed E-state index contributed by atoms with van der Waals surface area (Å²) in [7, 11) is 0. The highest BCUT2D eigenvalue weighted by Crippen LogP contribution is 2.15. The maximum Gasteiger partial charge on any atom is 0.245 e. The smallest absolute Gasteiger partial charge is 0.245 e. The Bertz CT molecular complexity index is 374. The second-order valence-corrected chi connectivity index (χ2v) is 4.45. The van der Waals surface area contributed by atoms with Crippen LogP contribution in [0.25, 0.3) is 0 Å². The molecule has 0 aliphatic rings. The maximum absolute atomic E-state index is 8.61. The Balaban J connectivity index is 2.59. The van der Waals surface area contributed by atoms with Crippen molar-refractivity contribution in [3.05, 3.63) is 5.15 Å². The molecule has 17 heavy (non-hydrogen) atoms. The van der Waals surface area contributed by atoms with Gasteiger partial charge in [-0.3, -0.25) is 0 Å². The van der Waals surface area contributed by atoms with Crippen LogP contribution in [0.2, 0.25) is 5.15 Å². The van der Waals surface area contributed by atoms with Crippen LogP contribution < -0.4 is 11.1 Å². The van der Waals surface area contributed by atoms with E-state index in [0.717, 1.165) is 0 Å². The third-order valence-corrected chi connectivity index (χ3v) is 2.09. The average molecular weight is 262 g/mol. The summed E-state index contributed by atoms with van der Waals surface area (Å²) in [4.78, 5) is 3.94. The number of halogens is 1. The summed E-state index contributed by atoms with van der Waals surface area (Å²) in [6.45, 7) is 4.46. The first-order valence-electron chi connectivity index (χ1n) is 5.07. The van der Waals surface area contributed by atoms with Crippen molar-refractivity contribution in [1.82, 2.24) is 15.2 Å². The van der Waals surface area contributed by atoms with Crippen molar-refractivity contribution in [1.29, 1.82) is 0 Å². The summed E-state index contributed by atoms with van der Waals surface area (Å²) in [6, 6.07) is 0. The quantitative estimate of drug-likeness (QED) is 0.633. The molecule has 0 aliphatic heterocycles. The second kappa shape index (κ2) is 5.95. The molecule has 0 radical (unpaired) electrons. The standard InChI is InChI=1S/C9H16ClN5O2/c1-9(2,5-17-4-3-16)13-8-12-7(11)6(10)14-15-8/h16H,3-5H2,1-2H3,(H3,11,12,13,15). The molecule has 0 aliphatic carbocycles. The number of hydrogen-bond acceptors (Lipinski definition) is 7. The lowest BCUT2D eigenvalue weighted by molar-refractivity contribution is 0.0708. The summed E-state index contributed by atoms with van der Waals surface area (Å²) in [6.07, 6.45) is 0. The fraction of sp³-hybridized carbons (Fsp3) is 0.667. The minimum absolute atomic E-state index is 0.0119. The molecule has 0 spiro atoms. The molecule has 96 valence electrons. The molecule has 0 saturated carbocycles. The van der Waals surface area contributed by atoms with E-state index in [1.54, 1.807) is 0 Å². The van der Waals surface area contributed by atoms with Crippen molar-refractivity contribution in [2.24, 2.45) is 0 Å². The Morgan fingerprint density at radius 2 is 2.18 bits per heavy atom. The van der Waals surface area contributed by atoms with Gasteiger partial charge in [0.1, 0.15) is 0 Å². The van der Waals surface area contributed by atoms with Crippen molar-refractivity contribution < 1.29 is 9.84 Å². The van der Waals surface area contributed by atoms with Gasteiger partial charge in [0.05, 0.1) is 25.4 Å². The van der Waals surface area contributed by atoms with Crippen LogP contribution in [0.4, 0.5) is 11.8 Å². The van der Waals surface area contributed by atoms with Gasteiger partial charge in [-0.05, 0) is 13.8 Å². The number of nitrogens with zero attached hydrogens (tertiary/aromatic N) is 3. The van der Waals surface area contributed by atoms with Gasteiger partial charge in [0.2, 0.25) is 5.95 Å². The number of nitrogens with two attached hydrogens (primary N) is 1. The number of aromatic nitrogens is 3. The molecule has 0 bridgehead atoms. The van der Waals surface area contributed by atoms with E-state index in [0.29, 0.717) is 6.61 Å². The molecule has 0 amide bonds. The number of nitrogens with one attached hydrogen (secondary N) is 1. The van der Waals surface area contributed by atoms with E-state index in [1.807, 2.05) is 13.8 Å². The van der Waals surface area contributed by atoms with Gasteiger partial charge in [-0.15, -0.1) is 10.2 Å². The minimum Gasteiger partial charge on any atom is -0.394 e. The van der Waals surface area contributed by atoms with E-state index in [2.05, 4.69) is 20.5 Å². The summed E-state index contributed by atoms with van der Waals surface area (Å²) in [5, 5.41) is 19.1. The number of rotatable bonds is 6. The SMILES string of the molecule is CC(C)(COCCO)Nc1nnc(Cl)c(N)n1. The monoisotopic (exact) mass is 261 g/mol. The topological polar surface area (TPSA) is 106 Å². The van der Waals surface area contributed by atoms with Crippen LogP contribution in [0.5, 0.6) is 0 Å². The van der Waals surface area contributed by atoms with E-state index in [-0.39, 0.29) is 30.1 Å². The number of anilines is 2. The van der Waals surface area contributed by atoms with Crippen molar-refractivity contribution in [2.75, 3.05) is 30.9 Å². The lowest BCUT2D eigenvalue weighted by Gasteiger charge is -2.25. The van der Waals surface area contributed by atoms with Gasteiger partial charge >= 0.3 is 0 Å². The highest BCUT2D eigenvalue weighted by Gasteiger charge is 2.19. The molecule has 0 atom stereocenters. The van der Waals surface area contributed by atoms with E-state index in [1.165, 1.54) is 0 Å². The van der Waals surface area contributed by atoms with Crippen molar-refractivity contribution in [3.8, 4) is 0 Å². The largest absolute Gasteiger partial charge is 0.394 e. The van der Waals surface area contributed by atoms with Crippen LogP contribution in [0.3, 0.4) is 0 Å². The molecule has 1 heterocycles. The molecule has 8 heteroatoms. The number of aliphatic hydroxyl groups is 1. The third kappa shape index (κ3) is 4.68. The number of aliphatic hydroxyl groups excluding tert-OH is 1. The van der Waals surface area contributed by atoms with Crippen molar-refractivity contribution >= 4 is 23.4 Å². The molecule has 1 rings (SSSR count). The van der Waals surface area contributed by atoms with E-state index < -0.39 is 5.54 Å². The molecular weight excluding hydrogens is 246 g/mol. The molecule has 0 saturated heterocycles. The number of hydrogen-bond donors (Lipinski definition) is 3. The molecule has 4 N–H and O–H groups in total. The van der Waals surface area contributed by atoms with E-state index in [9.17, 15) is 0 Å². The van der Waals surface area contributed by atoms with Gasteiger partial charge in [-0.2, -0.15) is 4.98 Å². The summed E-state index contributed by atoms with van der Waals surface area (Å²) < 4.78 is 5.23. The number of ether oxygens (including phenoxy) is 1. The lowest BCUT2D eigenvalue weighted by atomic mass is 10.1. The predicted octanol–water partition coefficient (Wildman–Crippen LogP) is 0.307. The van der Waals surface area contributed by atoms with Crippen LogP contribution in [0.1, 0.15) is 13.8 Å². The highest BCUT2D eigenvalue weighted by molar-refractivity contribution is 6.31. The van der Waals surface area contributed by atoms with Gasteiger partial charge in [0.15, 0.2) is 11.0 Å². The molecular formula is C9H16ClN5O2. The van der Waals surface area contributed by atoms with Crippen LogP contribution in [0, 0.1) is 0 Å². The minimum atomic E-state index is -0.406. The van der Waals surface area contributed by atoms with Crippen LogP contribution in [-0.2, 0) is 4.74 Å². The zero-order valence-corrected chi connectivity index (χ0v) is 10.5. The Kier molecular flexibility index (Phi) is 4.86. The van der Waals surface area contributed by atoms with E-state index in [4.69, 9.17) is 27.2 Å². The maximum atomic E-state index is 8.61. The number of nitrogen functional groups attached to an aromatic ring is 1. The summed E-state index contributed by atoms with van der Waals surface area (Å²) >= 11 is 5.61. The zero-order chi connectivity index (χ0) is 12.9. The molecule has 0 unspecified atom stereocenters. The molecule has 0 aromatic carbocycles. The lowest BCUT2D eigenvalue weighted by Crippen LogP contribution is -2.37. The van der Waals surface area contributed by atoms with E-state index >= 15 is 0 Å². The van der Waals surface area contributed by atoms with Crippen molar-refractivity contribution in [3.63, 3.8) is 0 Å². The van der Waals surface area contributed by atoms with Gasteiger partial charge in [-0.25, -0.2) is 0 Å². The fourth-order valence-corrected chi connectivity index (χ4v) is 1.19. The first-order valence-corrected chi connectivity index (χ1v) is 5.45. The molecule has 1 aromatic rings. The fourth-order valence-electron chi connectivity index (χ4n) is 1.11. The highest BCUT2D eigenvalue weighted by atomic mass is 35.5. The third-order valence-electron chi connectivity index (χ3n) is 1.82. The Hall–Kier alpha value is -1.18. The molecule has 7 nitrogen and oxygen atoms in total. The van der Waals surface area contributed by atoms with Gasteiger partial charge in [0, 0.05) is 0 Å². The van der Waals surface area contributed by atoms with Crippen LogP contribution in [-0.4, -0.2) is 45.6 Å². The van der Waals surface area contributed by atoms with Crippen LogP contribution >= 0.6 is 11.6 Å².